The van der Waals surface area contributed by atoms with E-state index in [1.165, 1.54) is 11.3 Å². The van der Waals surface area contributed by atoms with Gasteiger partial charge < -0.3 is 30.0 Å². The van der Waals surface area contributed by atoms with E-state index in [9.17, 15) is 5.11 Å². The first-order valence-electron chi connectivity index (χ1n) is 24.3. The number of carbonyl (C=O) groups is 4. The van der Waals surface area contributed by atoms with Crippen LogP contribution >= 0.6 is 11.3 Å². The molecule has 3 aliphatic heterocycles. The number of rotatable bonds is 11. The van der Waals surface area contributed by atoms with E-state index in [1.54, 1.807) is 43.5 Å². The first-order valence-corrected chi connectivity index (χ1v) is 25.1. The van der Waals surface area contributed by atoms with Gasteiger partial charge in [0.25, 0.3) is 0 Å². The molecule has 2 fully saturated rings. The molecule has 4 heterocycles. The van der Waals surface area contributed by atoms with E-state index in [0.717, 1.165) is 20.7 Å². The lowest BCUT2D eigenvalue weighted by atomic mass is 9.65. The molecule has 0 aliphatic carbocycles. The molecule has 7 aromatic carbocycles. The van der Waals surface area contributed by atoms with Crippen molar-refractivity contribution < 1.29 is 38.5 Å². The van der Waals surface area contributed by atoms with Crippen molar-refractivity contribution in [3.05, 3.63) is 221 Å². The molecule has 74 heavy (non-hydrogen) atoms. The van der Waals surface area contributed by atoms with Gasteiger partial charge in [-0.1, -0.05) is 138 Å². The molecule has 1 spiro atoms. The SMILES string of the molecule is COc1ccc(C#Cc2ccc3c(c2)[C@]2(C(=O)N3C(=O)N[C@H](C)c3ccccc3)[C@H](C(=O)Nc3nc4ccccc4s3)[C@H]3C(=O)O[C@H](c4ccccc4)[C@H](c4ccccc4)N3[C@@H]2c2cccc(OCCO)c2)cc1. The van der Waals surface area contributed by atoms with Gasteiger partial charge in [0, 0.05) is 11.1 Å². The molecule has 1 aromatic heterocycles. The lowest BCUT2D eigenvalue weighted by Crippen LogP contribution is -2.55. The predicted octanol–water partition coefficient (Wildman–Crippen LogP) is 9.85. The van der Waals surface area contributed by atoms with Crippen LogP contribution in [0.3, 0.4) is 0 Å². The van der Waals surface area contributed by atoms with Crippen LogP contribution < -0.4 is 25.0 Å². The van der Waals surface area contributed by atoms with Crippen molar-refractivity contribution in [2.45, 2.75) is 42.6 Å². The van der Waals surface area contributed by atoms with Crippen molar-refractivity contribution in [3.63, 3.8) is 0 Å². The number of aliphatic hydroxyl groups is 1. The summed E-state index contributed by atoms with van der Waals surface area (Å²) in [6.45, 7) is 1.54. The quantitative estimate of drug-likeness (QED) is 0.0841. The number of aliphatic hydroxyl groups excluding tert-OH is 1. The summed E-state index contributed by atoms with van der Waals surface area (Å²) in [6.07, 6.45) is -0.939. The molecule has 0 radical (unpaired) electrons. The molecular formula is C60H49N5O8S. The van der Waals surface area contributed by atoms with E-state index in [4.69, 9.17) is 19.2 Å². The number of para-hydroxylation sites is 1. The second-order valence-electron chi connectivity index (χ2n) is 18.3. The molecule has 13 nitrogen and oxygen atoms in total. The second-order valence-corrected chi connectivity index (χ2v) is 19.3. The summed E-state index contributed by atoms with van der Waals surface area (Å²) in [7, 11) is 1.59. The number of hydrogen-bond acceptors (Lipinski definition) is 11. The number of fused-ring (bicyclic) bond motifs is 4. The third kappa shape index (κ3) is 8.50. The molecule has 2 saturated heterocycles. The average Bonchev–Trinajstić information content (AvgIpc) is 4.08. The lowest BCUT2D eigenvalue weighted by molar-refractivity contribution is -0.177. The van der Waals surface area contributed by atoms with Crippen LogP contribution in [0, 0.1) is 17.8 Å². The number of anilines is 2. The van der Waals surface area contributed by atoms with E-state index >= 15 is 19.2 Å². The van der Waals surface area contributed by atoms with Crippen molar-refractivity contribution >= 4 is 56.2 Å². The fraction of sp³-hybridized carbons (Fsp3) is 0.183. The summed E-state index contributed by atoms with van der Waals surface area (Å²) in [5, 5.41) is 16.3. The number of methoxy groups -OCH3 is 1. The Bertz CT molecular complexity index is 3440. The number of esters is 1. The van der Waals surface area contributed by atoms with Crippen LogP contribution in [0.2, 0.25) is 0 Å². The highest BCUT2D eigenvalue weighted by Gasteiger charge is 2.75. The minimum absolute atomic E-state index is 0.0284. The molecule has 11 rings (SSSR count). The van der Waals surface area contributed by atoms with Crippen LogP contribution in [0.1, 0.15) is 70.1 Å². The molecule has 14 heteroatoms. The van der Waals surface area contributed by atoms with Crippen LogP contribution in [0.15, 0.2) is 182 Å². The minimum Gasteiger partial charge on any atom is -0.497 e. The van der Waals surface area contributed by atoms with Gasteiger partial charge in [0.05, 0.1) is 53.7 Å². The molecule has 3 N–H and O–H groups in total. The molecule has 0 unspecified atom stereocenters. The summed E-state index contributed by atoms with van der Waals surface area (Å²) in [6, 6.07) is 50.7. The van der Waals surface area contributed by atoms with Crippen molar-refractivity contribution in [2.75, 3.05) is 30.5 Å². The van der Waals surface area contributed by atoms with E-state index in [0.29, 0.717) is 44.8 Å². The van der Waals surface area contributed by atoms with Crippen molar-refractivity contribution in [2.24, 2.45) is 5.92 Å². The summed E-state index contributed by atoms with van der Waals surface area (Å²) in [5.41, 5.74) is 2.98. The number of hydrogen-bond donors (Lipinski definition) is 3. The van der Waals surface area contributed by atoms with E-state index in [2.05, 4.69) is 22.5 Å². The van der Waals surface area contributed by atoms with Crippen molar-refractivity contribution in [1.29, 1.82) is 0 Å². The van der Waals surface area contributed by atoms with Gasteiger partial charge in [-0.15, -0.1) is 0 Å². The molecular weight excluding hydrogens is 951 g/mol. The maximum absolute atomic E-state index is 16.9. The molecule has 8 aromatic rings. The number of thiazole rings is 1. The van der Waals surface area contributed by atoms with E-state index in [-0.39, 0.29) is 24.0 Å². The largest absolute Gasteiger partial charge is 0.497 e. The number of aromatic nitrogens is 1. The smallest absolute Gasteiger partial charge is 0.329 e. The minimum atomic E-state index is -2.08. The lowest BCUT2D eigenvalue weighted by Gasteiger charge is -2.46. The Morgan fingerprint density at radius 1 is 0.757 bits per heavy atom. The van der Waals surface area contributed by atoms with Crippen LogP contribution in [-0.4, -0.2) is 65.2 Å². The van der Waals surface area contributed by atoms with Crippen LogP contribution in [0.4, 0.5) is 15.6 Å². The van der Waals surface area contributed by atoms with Crippen LogP contribution in [-0.2, 0) is 24.5 Å². The van der Waals surface area contributed by atoms with Crippen LogP contribution in [0.5, 0.6) is 11.5 Å². The third-order valence-electron chi connectivity index (χ3n) is 14.1. The molecule has 3 aliphatic rings. The Hall–Kier alpha value is -8.61. The number of carbonyl (C=O) groups excluding carboxylic acids is 4. The number of benzene rings is 7. The summed E-state index contributed by atoms with van der Waals surface area (Å²) in [4.78, 5) is 71.8. The van der Waals surface area contributed by atoms with E-state index in [1.807, 2.05) is 157 Å². The summed E-state index contributed by atoms with van der Waals surface area (Å²) >= 11 is 1.26. The van der Waals surface area contributed by atoms with Gasteiger partial charge in [-0.2, -0.15) is 0 Å². The number of urea groups is 1. The number of nitrogens with one attached hydrogen (secondary N) is 2. The molecule has 0 bridgehead atoms. The maximum atomic E-state index is 16.9. The number of nitrogens with zero attached hydrogens (tertiary/aromatic N) is 3. The van der Waals surface area contributed by atoms with Gasteiger partial charge in [-0.3, -0.25) is 19.3 Å². The number of morpholine rings is 1. The van der Waals surface area contributed by atoms with Gasteiger partial charge in [-0.05, 0) is 101 Å². The van der Waals surface area contributed by atoms with Crippen molar-refractivity contribution in [3.8, 4) is 23.3 Å². The Balaban J connectivity index is 1.20. The topological polar surface area (TPSA) is 160 Å². The molecule has 368 valence electrons. The number of cyclic esters (lactones) is 1. The number of imide groups is 1. The average molecular weight is 1000 g/mol. The zero-order valence-electron chi connectivity index (χ0n) is 40.3. The first kappa shape index (κ1) is 47.7. The summed E-state index contributed by atoms with van der Waals surface area (Å²) < 4.78 is 18.9. The third-order valence-corrected chi connectivity index (χ3v) is 15.0. The number of ether oxygens (including phenoxy) is 3. The normalized spacial score (nSPS) is 21.2. The highest BCUT2D eigenvalue weighted by molar-refractivity contribution is 7.22. The van der Waals surface area contributed by atoms with Crippen molar-refractivity contribution in [1.82, 2.24) is 15.2 Å². The Morgan fingerprint density at radius 2 is 1.42 bits per heavy atom. The Morgan fingerprint density at radius 3 is 2.14 bits per heavy atom. The predicted molar refractivity (Wildman–Crippen MR) is 282 cm³/mol. The Kier molecular flexibility index (Phi) is 13.0. The highest BCUT2D eigenvalue weighted by Crippen LogP contribution is 2.66. The van der Waals surface area contributed by atoms with Crippen LogP contribution in [0.25, 0.3) is 10.2 Å². The Labute approximate surface area is 431 Å². The van der Waals surface area contributed by atoms with Gasteiger partial charge >= 0.3 is 12.0 Å². The maximum Gasteiger partial charge on any atom is 0.329 e. The molecule has 7 atom stereocenters. The molecule has 4 amide bonds. The zero-order chi connectivity index (χ0) is 50.9. The number of amides is 4. The second kappa shape index (κ2) is 20.1. The zero-order valence-corrected chi connectivity index (χ0v) is 41.1. The van der Waals surface area contributed by atoms with E-state index < -0.39 is 65.4 Å². The van der Waals surface area contributed by atoms with Gasteiger partial charge in [0.1, 0.15) is 35.7 Å². The highest BCUT2D eigenvalue weighted by atomic mass is 32.1. The van der Waals surface area contributed by atoms with Gasteiger partial charge in [0.15, 0.2) is 5.13 Å². The standard InChI is InChI=1S/C60H49N5O8S/c1-37(40-15-6-3-7-16-40)61-59(70)64-48-32-29-39(26-25-38-27-30-44(71-2)31-28-38)35-46(48)60(57(64)69)50(55(67)63-58-62-47-23-12-13-24-49(47)74-58)52-56(68)73-53(42-19-10-5-11-20-42)51(41-17-8-4-9-18-41)65(52)54(60)43-21-14-22-45(36-43)72-34-33-66/h3-24,27-32,35-37,50-54,66H,33-34H2,1-2H3,(H,61,70)(H,62,63,67)/t37-,50+,51+,52+,53-,54-,60+/m1/s1. The first-order chi connectivity index (χ1) is 36.2. The fourth-order valence-electron chi connectivity index (χ4n) is 10.9. The monoisotopic (exact) mass is 999 g/mol. The van der Waals surface area contributed by atoms with Gasteiger partial charge in [-0.25, -0.2) is 14.7 Å². The van der Waals surface area contributed by atoms with Gasteiger partial charge in [0.2, 0.25) is 11.8 Å². The fourth-order valence-corrected chi connectivity index (χ4v) is 11.8. The molecule has 0 saturated carbocycles. The summed E-state index contributed by atoms with van der Waals surface area (Å²) in [5.74, 6) is 3.81.